The maximum Gasteiger partial charge on any atom is 0.315 e. The van der Waals surface area contributed by atoms with E-state index in [2.05, 4.69) is 15.7 Å². The number of nitrogens with one attached hydrogen (secondary N) is 2. The van der Waals surface area contributed by atoms with Gasteiger partial charge in [0.15, 0.2) is 0 Å². The van der Waals surface area contributed by atoms with Crippen LogP contribution in [0.5, 0.6) is 0 Å². The molecule has 2 amide bonds. The Bertz CT molecular complexity index is 722. The van der Waals surface area contributed by atoms with Crippen molar-refractivity contribution in [1.29, 1.82) is 0 Å². The molecule has 0 aliphatic carbocycles. The lowest BCUT2D eigenvalue weighted by Crippen LogP contribution is -2.38. The summed E-state index contributed by atoms with van der Waals surface area (Å²) in [6.07, 6.45) is 3.64. The lowest BCUT2D eigenvalue weighted by Gasteiger charge is -2.17. The number of rotatable bonds is 6. The van der Waals surface area contributed by atoms with Gasteiger partial charge in [0.25, 0.3) is 0 Å². The molecular weight excluding hydrogens is 344 g/mol. The van der Waals surface area contributed by atoms with Gasteiger partial charge in [-0.25, -0.2) is 4.79 Å². The second-order valence-electron chi connectivity index (χ2n) is 5.21. The third kappa shape index (κ3) is 4.37. The van der Waals surface area contributed by atoms with Crippen LogP contribution in [0.3, 0.4) is 0 Å². The maximum atomic E-state index is 12.1. The highest BCUT2D eigenvalue weighted by atomic mass is 35.5. The van der Waals surface area contributed by atoms with E-state index in [0.717, 1.165) is 10.4 Å². The number of halogens is 1. The minimum absolute atomic E-state index is 0.0127. The van der Waals surface area contributed by atoms with Crippen LogP contribution in [0.15, 0.2) is 60.2 Å². The molecular formula is C17H17ClN4OS. The summed E-state index contributed by atoms with van der Waals surface area (Å²) in [6.45, 7) is 0.920. The van der Waals surface area contributed by atoms with Gasteiger partial charge in [0.1, 0.15) is 6.04 Å². The van der Waals surface area contributed by atoms with Gasteiger partial charge < -0.3 is 10.6 Å². The molecule has 0 aliphatic rings. The molecule has 2 heterocycles. The normalized spacial score (nSPS) is 11.9. The number of carbonyl (C=O) groups is 1. The molecule has 0 aliphatic heterocycles. The van der Waals surface area contributed by atoms with Crippen LogP contribution in [-0.4, -0.2) is 22.4 Å². The van der Waals surface area contributed by atoms with Crippen LogP contribution in [0, 0.1) is 0 Å². The molecule has 1 atom stereocenters. The first-order chi connectivity index (χ1) is 11.7. The monoisotopic (exact) mass is 360 g/mol. The third-order valence-electron chi connectivity index (χ3n) is 3.54. The molecule has 0 saturated carbocycles. The van der Waals surface area contributed by atoms with E-state index in [1.54, 1.807) is 29.7 Å². The number of hydrogen-bond acceptors (Lipinski definition) is 3. The van der Waals surface area contributed by atoms with Gasteiger partial charge in [-0.1, -0.05) is 29.8 Å². The predicted molar refractivity (Wildman–Crippen MR) is 96.4 cm³/mol. The fourth-order valence-corrected chi connectivity index (χ4v) is 3.25. The molecule has 1 aromatic carbocycles. The Morgan fingerprint density at radius 1 is 1.21 bits per heavy atom. The van der Waals surface area contributed by atoms with Gasteiger partial charge in [-0.05, 0) is 35.2 Å². The summed E-state index contributed by atoms with van der Waals surface area (Å²) in [5.74, 6) is 0. The number of hydrogen-bond donors (Lipinski definition) is 2. The first-order valence-electron chi connectivity index (χ1n) is 7.51. The summed E-state index contributed by atoms with van der Waals surface area (Å²) in [6, 6.07) is 13.1. The Hall–Kier alpha value is -2.31. The van der Waals surface area contributed by atoms with Crippen LogP contribution >= 0.6 is 22.9 Å². The summed E-state index contributed by atoms with van der Waals surface area (Å²) in [7, 11) is 0. The molecule has 124 valence electrons. The number of urea groups is 1. The van der Waals surface area contributed by atoms with E-state index in [4.69, 9.17) is 11.6 Å². The van der Waals surface area contributed by atoms with Crippen molar-refractivity contribution in [2.45, 2.75) is 12.6 Å². The second kappa shape index (κ2) is 7.99. The van der Waals surface area contributed by atoms with Gasteiger partial charge in [-0.3, -0.25) is 4.68 Å². The summed E-state index contributed by atoms with van der Waals surface area (Å²) >= 11 is 7.50. The van der Waals surface area contributed by atoms with E-state index >= 15 is 0 Å². The van der Waals surface area contributed by atoms with Crippen molar-refractivity contribution < 1.29 is 4.79 Å². The Morgan fingerprint density at radius 2 is 2.04 bits per heavy atom. The Balaban J connectivity index is 1.54. The molecule has 3 aromatic rings. The molecule has 2 aromatic heterocycles. The average Bonchev–Trinajstić information content (AvgIpc) is 3.29. The maximum absolute atomic E-state index is 12.1. The van der Waals surface area contributed by atoms with Gasteiger partial charge in [-0.15, -0.1) is 11.3 Å². The van der Waals surface area contributed by atoms with Crippen molar-refractivity contribution in [2.24, 2.45) is 0 Å². The van der Waals surface area contributed by atoms with Crippen LogP contribution in [0.25, 0.3) is 0 Å². The van der Waals surface area contributed by atoms with Gasteiger partial charge >= 0.3 is 6.03 Å². The molecule has 0 bridgehead atoms. The van der Waals surface area contributed by atoms with Crippen molar-refractivity contribution in [3.8, 4) is 0 Å². The second-order valence-corrected chi connectivity index (χ2v) is 6.62. The molecule has 5 nitrogen and oxygen atoms in total. The Labute approximate surface area is 149 Å². The quantitative estimate of drug-likeness (QED) is 0.704. The Kier molecular flexibility index (Phi) is 5.51. The molecule has 7 heteroatoms. The largest absolute Gasteiger partial charge is 0.336 e. The zero-order valence-corrected chi connectivity index (χ0v) is 14.4. The minimum atomic E-state index is -0.210. The van der Waals surface area contributed by atoms with Crippen LogP contribution < -0.4 is 10.6 Å². The van der Waals surface area contributed by atoms with E-state index in [1.165, 1.54) is 0 Å². The molecule has 0 spiro atoms. The topological polar surface area (TPSA) is 59.0 Å². The standard InChI is InChI=1S/C17H17ClN4OS/c18-14-6-4-13(5-7-14)11-19-17(23)20-12-15(16-3-1-10-24-16)22-9-2-8-21-22/h1-10,15H,11-12H2,(H2,19,20,23)/t15-/m1/s1. The summed E-state index contributed by atoms with van der Waals surface area (Å²) in [5.41, 5.74) is 0.997. The van der Waals surface area contributed by atoms with Crippen LogP contribution in [0.4, 0.5) is 4.79 Å². The molecule has 0 unspecified atom stereocenters. The molecule has 0 radical (unpaired) electrons. The lowest BCUT2D eigenvalue weighted by atomic mass is 10.2. The predicted octanol–water partition coefficient (Wildman–Crippen LogP) is 3.69. The van der Waals surface area contributed by atoms with Crippen molar-refractivity contribution in [3.05, 3.63) is 75.7 Å². The lowest BCUT2D eigenvalue weighted by molar-refractivity contribution is 0.239. The van der Waals surface area contributed by atoms with E-state index in [1.807, 2.05) is 46.6 Å². The number of thiophene rings is 1. The highest BCUT2D eigenvalue weighted by molar-refractivity contribution is 7.10. The SMILES string of the molecule is O=C(NCc1ccc(Cl)cc1)NC[C@H](c1cccs1)n1cccn1. The molecule has 24 heavy (non-hydrogen) atoms. The zero-order chi connectivity index (χ0) is 16.8. The van der Waals surface area contributed by atoms with Crippen molar-refractivity contribution >= 4 is 29.0 Å². The van der Waals surface area contributed by atoms with Crippen LogP contribution in [0.2, 0.25) is 5.02 Å². The van der Waals surface area contributed by atoms with E-state index in [0.29, 0.717) is 18.1 Å². The van der Waals surface area contributed by atoms with Crippen molar-refractivity contribution in [3.63, 3.8) is 0 Å². The number of nitrogens with zero attached hydrogens (tertiary/aromatic N) is 2. The van der Waals surface area contributed by atoms with Crippen molar-refractivity contribution in [2.75, 3.05) is 6.54 Å². The van der Waals surface area contributed by atoms with E-state index in [-0.39, 0.29) is 12.1 Å². The number of carbonyl (C=O) groups excluding carboxylic acids is 1. The zero-order valence-electron chi connectivity index (χ0n) is 12.9. The van der Waals surface area contributed by atoms with Gasteiger partial charge in [0, 0.05) is 35.4 Å². The molecule has 0 fully saturated rings. The average molecular weight is 361 g/mol. The minimum Gasteiger partial charge on any atom is -0.336 e. The fourth-order valence-electron chi connectivity index (χ4n) is 2.31. The first-order valence-corrected chi connectivity index (χ1v) is 8.77. The number of aromatic nitrogens is 2. The van der Waals surface area contributed by atoms with Gasteiger partial charge in [-0.2, -0.15) is 5.10 Å². The Morgan fingerprint density at radius 3 is 2.71 bits per heavy atom. The van der Waals surface area contributed by atoms with E-state index in [9.17, 15) is 4.79 Å². The van der Waals surface area contributed by atoms with Gasteiger partial charge in [0.2, 0.25) is 0 Å². The van der Waals surface area contributed by atoms with Crippen molar-refractivity contribution in [1.82, 2.24) is 20.4 Å². The fraction of sp³-hybridized carbons (Fsp3) is 0.176. The number of benzene rings is 1. The third-order valence-corrected chi connectivity index (χ3v) is 4.76. The highest BCUT2D eigenvalue weighted by Gasteiger charge is 2.16. The molecule has 2 N–H and O–H groups in total. The smallest absolute Gasteiger partial charge is 0.315 e. The molecule has 0 saturated heterocycles. The summed E-state index contributed by atoms with van der Waals surface area (Å²) in [4.78, 5) is 13.2. The van der Waals surface area contributed by atoms with Crippen LogP contribution in [0.1, 0.15) is 16.5 Å². The first kappa shape index (κ1) is 16.5. The summed E-state index contributed by atoms with van der Waals surface area (Å²) in [5, 5.41) is 12.7. The van der Waals surface area contributed by atoms with Gasteiger partial charge in [0.05, 0.1) is 0 Å². The van der Waals surface area contributed by atoms with E-state index < -0.39 is 0 Å². The van der Waals surface area contributed by atoms with Crippen LogP contribution in [-0.2, 0) is 6.54 Å². The highest BCUT2D eigenvalue weighted by Crippen LogP contribution is 2.21. The molecule has 3 rings (SSSR count). The summed E-state index contributed by atoms with van der Waals surface area (Å²) < 4.78 is 1.85. The number of amides is 2.